The minimum absolute atomic E-state index is 0. The van der Waals surface area contributed by atoms with E-state index < -0.39 is 0 Å². The van der Waals surface area contributed by atoms with E-state index in [1.54, 1.807) is 18.2 Å². The van der Waals surface area contributed by atoms with Crippen molar-refractivity contribution >= 4 is 18.2 Å². The molecule has 0 amide bonds. The van der Waals surface area contributed by atoms with Gasteiger partial charge in [-0.2, -0.15) is 10.2 Å². The fourth-order valence-corrected chi connectivity index (χ4v) is 4.20. The Hall–Kier alpha value is -3.25. The number of ketones is 1. The molecular formula is C25H28ClN5O3. The van der Waals surface area contributed by atoms with Gasteiger partial charge >= 0.3 is 0 Å². The van der Waals surface area contributed by atoms with Crippen LogP contribution in [0, 0.1) is 18.3 Å². The fourth-order valence-electron chi connectivity index (χ4n) is 4.20. The van der Waals surface area contributed by atoms with Crippen molar-refractivity contribution in [3.05, 3.63) is 52.6 Å². The van der Waals surface area contributed by atoms with E-state index in [9.17, 15) is 10.1 Å². The maximum absolute atomic E-state index is 12.5. The molecule has 0 saturated carbocycles. The molecule has 1 aromatic heterocycles. The van der Waals surface area contributed by atoms with E-state index in [4.69, 9.17) is 15.0 Å². The number of aromatic nitrogens is 2. The number of nitrogens with two attached hydrogens (primary N) is 1. The molecule has 0 bridgehead atoms. The van der Waals surface area contributed by atoms with Gasteiger partial charge in [-0.25, -0.2) is 0 Å². The van der Waals surface area contributed by atoms with Crippen molar-refractivity contribution in [1.29, 1.82) is 5.26 Å². The molecule has 3 aromatic rings. The van der Waals surface area contributed by atoms with Crippen LogP contribution in [0.15, 0.2) is 34.9 Å². The number of halogens is 1. The molecular weight excluding hydrogens is 454 g/mol. The van der Waals surface area contributed by atoms with Crippen molar-refractivity contribution in [2.24, 2.45) is 5.73 Å². The van der Waals surface area contributed by atoms with Crippen molar-refractivity contribution in [1.82, 2.24) is 15.5 Å². The third-order valence-corrected chi connectivity index (χ3v) is 5.76. The van der Waals surface area contributed by atoms with Crippen LogP contribution in [0.1, 0.15) is 48.6 Å². The average Bonchev–Trinajstić information content (AvgIpc) is 3.29. The van der Waals surface area contributed by atoms with Crippen molar-refractivity contribution in [2.45, 2.75) is 45.8 Å². The van der Waals surface area contributed by atoms with Crippen LogP contribution in [-0.4, -0.2) is 35.1 Å². The van der Waals surface area contributed by atoms with Gasteiger partial charge in [0, 0.05) is 24.1 Å². The summed E-state index contributed by atoms with van der Waals surface area (Å²) in [5.41, 5.74) is 10.7. The molecule has 4 rings (SSSR count). The van der Waals surface area contributed by atoms with Gasteiger partial charge in [0.15, 0.2) is 5.78 Å². The summed E-state index contributed by atoms with van der Waals surface area (Å²) in [6.45, 7) is 6.90. The minimum atomic E-state index is -0.332. The monoisotopic (exact) mass is 481 g/mol. The molecule has 178 valence electrons. The molecule has 2 heterocycles. The number of carbonyl (C=O) groups is 1. The Bertz CT molecular complexity index is 1230. The molecule has 1 aliphatic rings. The van der Waals surface area contributed by atoms with Gasteiger partial charge in [-0.1, -0.05) is 17.3 Å². The second-order valence-corrected chi connectivity index (χ2v) is 8.36. The van der Waals surface area contributed by atoms with Crippen LogP contribution < -0.4 is 15.8 Å². The standard InChI is InChI=1S/C25H27N5O3.ClH/c1-14(2)32-22-7-4-16(12-17(22)13-27)25-29-24(30-33-25)19-5-6-20-18(15(19)3)9-11-28-23(20)21(31)8-10-26;/h4-7,12,14,23,28H,8-11,26H2,1-3H3;1H. The second-order valence-electron chi connectivity index (χ2n) is 8.36. The van der Waals surface area contributed by atoms with E-state index in [0.29, 0.717) is 41.6 Å². The zero-order chi connectivity index (χ0) is 23.5. The molecule has 0 radical (unpaired) electrons. The summed E-state index contributed by atoms with van der Waals surface area (Å²) in [4.78, 5) is 17.1. The van der Waals surface area contributed by atoms with Crippen LogP contribution in [0.4, 0.5) is 0 Å². The third kappa shape index (κ3) is 4.97. The summed E-state index contributed by atoms with van der Waals surface area (Å²) < 4.78 is 11.2. The Morgan fingerprint density at radius 1 is 1.35 bits per heavy atom. The van der Waals surface area contributed by atoms with E-state index in [-0.39, 0.29) is 30.3 Å². The number of fused-ring (bicyclic) bond motifs is 1. The van der Waals surface area contributed by atoms with Gasteiger partial charge in [-0.3, -0.25) is 4.79 Å². The minimum Gasteiger partial charge on any atom is -0.490 e. The van der Waals surface area contributed by atoms with E-state index in [2.05, 4.69) is 21.5 Å². The lowest BCUT2D eigenvalue weighted by atomic mass is 9.86. The molecule has 2 aromatic carbocycles. The molecule has 1 aliphatic heterocycles. The predicted molar refractivity (Wildman–Crippen MR) is 131 cm³/mol. The first-order valence-corrected chi connectivity index (χ1v) is 11.1. The lowest BCUT2D eigenvalue weighted by Gasteiger charge is -2.28. The number of benzene rings is 2. The lowest BCUT2D eigenvalue weighted by Crippen LogP contribution is -2.36. The van der Waals surface area contributed by atoms with Gasteiger partial charge in [0.1, 0.15) is 11.8 Å². The topological polar surface area (TPSA) is 127 Å². The van der Waals surface area contributed by atoms with Crippen molar-refractivity contribution in [2.75, 3.05) is 13.1 Å². The molecule has 34 heavy (non-hydrogen) atoms. The van der Waals surface area contributed by atoms with Crippen LogP contribution in [0.25, 0.3) is 22.8 Å². The summed E-state index contributed by atoms with van der Waals surface area (Å²) in [5, 5.41) is 17.0. The highest BCUT2D eigenvalue weighted by Crippen LogP contribution is 2.34. The summed E-state index contributed by atoms with van der Waals surface area (Å²) in [6, 6.07) is 11.0. The Morgan fingerprint density at radius 2 is 2.15 bits per heavy atom. The van der Waals surface area contributed by atoms with Crippen molar-refractivity contribution < 1.29 is 14.1 Å². The first-order chi connectivity index (χ1) is 15.9. The molecule has 0 fully saturated rings. The van der Waals surface area contributed by atoms with Gasteiger partial charge in [-0.15, -0.1) is 12.4 Å². The van der Waals surface area contributed by atoms with Crippen molar-refractivity contribution in [3.8, 4) is 34.7 Å². The zero-order valence-electron chi connectivity index (χ0n) is 19.4. The van der Waals surface area contributed by atoms with Crippen LogP contribution in [0.5, 0.6) is 5.75 Å². The highest BCUT2D eigenvalue weighted by molar-refractivity contribution is 5.86. The summed E-state index contributed by atoms with van der Waals surface area (Å²) in [7, 11) is 0. The van der Waals surface area contributed by atoms with E-state index >= 15 is 0 Å². The molecule has 1 atom stereocenters. The summed E-state index contributed by atoms with van der Waals surface area (Å²) >= 11 is 0. The average molecular weight is 482 g/mol. The van der Waals surface area contributed by atoms with E-state index in [0.717, 1.165) is 35.2 Å². The van der Waals surface area contributed by atoms with Crippen molar-refractivity contribution in [3.63, 3.8) is 0 Å². The Balaban J connectivity index is 0.00000324. The van der Waals surface area contributed by atoms with Gasteiger partial charge < -0.3 is 20.3 Å². The van der Waals surface area contributed by atoms with Crippen LogP contribution >= 0.6 is 12.4 Å². The van der Waals surface area contributed by atoms with Crippen LogP contribution in [-0.2, 0) is 11.2 Å². The van der Waals surface area contributed by atoms with Crippen LogP contribution in [0.3, 0.4) is 0 Å². The summed E-state index contributed by atoms with van der Waals surface area (Å²) in [6.07, 6.45) is 1.12. The van der Waals surface area contributed by atoms with E-state index in [1.807, 2.05) is 32.9 Å². The first-order valence-electron chi connectivity index (χ1n) is 11.1. The highest BCUT2D eigenvalue weighted by atomic mass is 35.5. The quantitative estimate of drug-likeness (QED) is 0.520. The fraction of sp³-hybridized carbons (Fsp3) is 0.360. The van der Waals surface area contributed by atoms with Gasteiger partial charge in [0.05, 0.1) is 17.7 Å². The molecule has 3 N–H and O–H groups in total. The molecule has 0 aliphatic carbocycles. The highest BCUT2D eigenvalue weighted by Gasteiger charge is 2.28. The predicted octanol–water partition coefficient (Wildman–Crippen LogP) is 3.90. The number of ether oxygens (including phenoxy) is 1. The summed E-state index contributed by atoms with van der Waals surface area (Å²) in [5.74, 6) is 1.42. The SMILES string of the molecule is Cc1c(-c2noc(-c3ccc(OC(C)C)c(C#N)c3)n2)ccc2c1CCNC2C(=O)CCN.Cl. The second kappa shape index (κ2) is 10.8. The Kier molecular flexibility index (Phi) is 8.05. The number of hydrogen-bond donors (Lipinski definition) is 2. The van der Waals surface area contributed by atoms with Gasteiger partial charge in [-0.05, 0) is 68.6 Å². The third-order valence-electron chi connectivity index (χ3n) is 5.76. The zero-order valence-corrected chi connectivity index (χ0v) is 20.2. The number of nitriles is 1. The molecule has 8 nitrogen and oxygen atoms in total. The number of Topliss-reactive ketones (excluding diaryl/α,β-unsaturated/α-hetero) is 1. The maximum atomic E-state index is 12.5. The molecule has 0 spiro atoms. The first kappa shape index (κ1) is 25.4. The largest absolute Gasteiger partial charge is 0.490 e. The van der Waals surface area contributed by atoms with Crippen LogP contribution in [0.2, 0.25) is 0 Å². The number of carbonyl (C=O) groups excluding carboxylic acids is 1. The number of nitrogens with one attached hydrogen (secondary N) is 1. The molecule has 9 heteroatoms. The number of rotatable bonds is 7. The Morgan fingerprint density at radius 3 is 2.85 bits per heavy atom. The Labute approximate surface area is 204 Å². The van der Waals surface area contributed by atoms with Gasteiger partial charge in [0.2, 0.25) is 5.82 Å². The number of nitrogens with zero attached hydrogens (tertiary/aromatic N) is 3. The molecule has 1 unspecified atom stereocenters. The smallest absolute Gasteiger partial charge is 0.258 e. The lowest BCUT2D eigenvalue weighted by molar-refractivity contribution is -0.121. The number of hydrogen-bond acceptors (Lipinski definition) is 8. The van der Waals surface area contributed by atoms with Gasteiger partial charge in [0.25, 0.3) is 5.89 Å². The van der Waals surface area contributed by atoms with E-state index in [1.165, 1.54) is 0 Å². The molecule has 0 saturated heterocycles. The normalized spacial score (nSPS) is 14.8. The maximum Gasteiger partial charge on any atom is 0.258 e.